The first-order valence-electron chi connectivity index (χ1n) is 11.9. The van der Waals surface area contributed by atoms with Crippen molar-refractivity contribution < 1.29 is 28.5 Å². The van der Waals surface area contributed by atoms with Crippen LogP contribution in [0.3, 0.4) is 0 Å². The second-order valence-electron chi connectivity index (χ2n) is 8.78. The number of aromatic nitrogens is 1. The van der Waals surface area contributed by atoms with E-state index in [0.717, 1.165) is 25.9 Å². The van der Waals surface area contributed by atoms with E-state index in [-0.39, 0.29) is 24.0 Å². The number of hydrogen-bond acceptors (Lipinski definition) is 3. The summed E-state index contributed by atoms with van der Waals surface area (Å²) in [6.07, 6.45) is 13.9. The largest absolute Gasteiger partial charge is 1.00 e. The molecule has 0 amide bonds. The zero-order valence-corrected chi connectivity index (χ0v) is 23.8. The van der Waals surface area contributed by atoms with E-state index in [0.29, 0.717) is 5.92 Å². The minimum absolute atomic E-state index is 0. The van der Waals surface area contributed by atoms with Gasteiger partial charge in [0, 0.05) is 23.6 Å². The van der Waals surface area contributed by atoms with Crippen LogP contribution in [-0.2, 0) is 6.54 Å². The number of nitrogens with zero attached hydrogens (tertiary/aromatic N) is 2. The fraction of sp³-hybridized carbons (Fsp3) is 0.276. The summed E-state index contributed by atoms with van der Waals surface area (Å²) >= 11 is 3.77. The molecule has 0 saturated heterocycles. The van der Waals surface area contributed by atoms with E-state index in [4.69, 9.17) is 0 Å². The summed E-state index contributed by atoms with van der Waals surface area (Å²) in [7, 11) is 0. The van der Waals surface area contributed by atoms with Crippen molar-refractivity contribution in [3.63, 3.8) is 0 Å². The molecule has 1 unspecified atom stereocenters. The molecule has 1 aromatic heterocycles. The van der Waals surface area contributed by atoms with Crippen molar-refractivity contribution in [1.29, 1.82) is 0 Å². The van der Waals surface area contributed by atoms with Gasteiger partial charge in [0.2, 0.25) is 5.52 Å². The molecule has 0 spiro atoms. The van der Waals surface area contributed by atoms with Crippen LogP contribution in [0.2, 0.25) is 0 Å². The van der Waals surface area contributed by atoms with Crippen molar-refractivity contribution >= 4 is 45.1 Å². The summed E-state index contributed by atoms with van der Waals surface area (Å²) in [6.45, 7) is 8.81. The molecule has 2 aliphatic rings. The summed E-state index contributed by atoms with van der Waals surface area (Å²) in [5.74, 6) is 0.662. The highest BCUT2D eigenvalue weighted by Crippen LogP contribution is 2.46. The number of aryl methyl sites for hydroxylation is 1. The van der Waals surface area contributed by atoms with E-state index in [1.807, 2.05) is 23.1 Å². The van der Waals surface area contributed by atoms with Crippen LogP contribution in [0.25, 0.3) is 16.3 Å². The third-order valence-electron chi connectivity index (χ3n) is 6.30. The Morgan fingerprint density at radius 1 is 1.06 bits per heavy atom. The number of fused-ring (bicyclic) bond motifs is 2. The molecule has 0 N–H and O–H groups in total. The molecular weight excluding hydrogens is 567 g/mol. The third-order valence-corrected chi connectivity index (χ3v) is 8.55. The average Bonchev–Trinajstić information content (AvgIpc) is 3.35. The summed E-state index contributed by atoms with van der Waals surface area (Å²) < 4.78 is 3.75. The second-order valence-corrected chi connectivity index (χ2v) is 10.9. The fourth-order valence-corrected chi connectivity index (χ4v) is 7.19. The summed E-state index contributed by atoms with van der Waals surface area (Å²) in [6, 6.07) is 17.4. The zero-order valence-electron chi connectivity index (χ0n) is 20.0. The molecule has 5 heteroatoms. The van der Waals surface area contributed by atoms with Crippen LogP contribution in [0.4, 0.5) is 5.69 Å². The normalized spacial score (nSPS) is 20.3. The Kier molecular flexibility index (Phi) is 8.38. The molecule has 1 atom stereocenters. The first-order valence-corrected chi connectivity index (χ1v) is 13.5. The third kappa shape index (κ3) is 5.21. The standard InChI is InChI=1S/C29H31N2S2.HI/c1-4-30-24-12-6-8-14-26(24)32-28(30)16-10-11-22-17-21(3)18-23(19-22)20-29-31(5-2)25-13-7-9-15-27(25)33-29;/h6-16,19-21H,4-5,17-18H2,1-3H3;1H/q+1;/p-1. The maximum atomic E-state index is 2.44. The number of rotatable bonds is 5. The molecule has 1 aliphatic carbocycles. The van der Waals surface area contributed by atoms with Crippen molar-refractivity contribution in [1.82, 2.24) is 0 Å². The topological polar surface area (TPSA) is 7.12 Å². The summed E-state index contributed by atoms with van der Waals surface area (Å²) in [4.78, 5) is 3.80. The van der Waals surface area contributed by atoms with Crippen LogP contribution < -0.4 is 33.4 Å². The minimum Gasteiger partial charge on any atom is -1.00 e. The summed E-state index contributed by atoms with van der Waals surface area (Å²) in [5, 5.41) is 2.66. The Balaban J connectivity index is 0.00000274. The lowest BCUT2D eigenvalue weighted by molar-refractivity contribution is -0.665. The first-order chi connectivity index (χ1) is 16.2. The van der Waals surface area contributed by atoms with Gasteiger partial charge in [-0.25, -0.2) is 0 Å². The van der Waals surface area contributed by atoms with Crippen molar-refractivity contribution in [2.45, 2.75) is 45.1 Å². The average molecular weight is 599 g/mol. The Morgan fingerprint density at radius 3 is 2.68 bits per heavy atom. The number of hydrogen-bond donors (Lipinski definition) is 0. The molecule has 0 fully saturated rings. The molecule has 2 heterocycles. The fourth-order valence-electron chi connectivity index (χ4n) is 4.85. The predicted octanol–water partition coefficient (Wildman–Crippen LogP) is 4.98. The summed E-state index contributed by atoms with van der Waals surface area (Å²) in [5.41, 5.74) is 5.53. The lowest BCUT2D eigenvalue weighted by Crippen LogP contribution is -3.00. The van der Waals surface area contributed by atoms with Gasteiger partial charge in [0.1, 0.15) is 11.2 Å². The second kappa shape index (κ2) is 11.3. The molecule has 1 aliphatic heterocycles. The molecule has 5 rings (SSSR count). The van der Waals surface area contributed by atoms with E-state index in [9.17, 15) is 0 Å². The number of benzene rings is 2. The van der Waals surface area contributed by atoms with Gasteiger partial charge < -0.3 is 28.9 Å². The van der Waals surface area contributed by atoms with Crippen LogP contribution in [0, 0.1) is 5.92 Å². The number of anilines is 1. The highest BCUT2D eigenvalue weighted by atomic mass is 127. The van der Waals surface area contributed by atoms with E-state index >= 15 is 0 Å². The quantitative estimate of drug-likeness (QED) is 0.302. The number of allylic oxidation sites excluding steroid dienone is 6. The van der Waals surface area contributed by atoms with Gasteiger partial charge in [0.25, 0.3) is 5.01 Å². The Morgan fingerprint density at radius 2 is 1.85 bits per heavy atom. The van der Waals surface area contributed by atoms with Gasteiger partial charge >= 0.3 is 0 Å². The molecule has 2 nitrogen and oxygen atoms in total. The van der Waals surface area contributed by atoms with Gasteiger partial charge in [-0.15, -0.1) is 0 Å². The maximum Gasteiger partial charge on any atom is 0.262 e. The van der Waals surface area contributed by atoms with Gasteiger partial charge in [-0.1, -0.05) is 72.5 Å². The molecule has 0 saturated carbocycles. The molecule has 0 bridgehead atoms. The number of thiazole rings is 1. The van der Waals surface area contributed by atoms with E-state index in [1.54, 1.807) is 0 Å². The van der Waals surface area contributed by atoms with Crippen molar-refractivity contribution in [2.75, 3.05) is 11.4 Å². The van der Waals surface area contributed by atoms with E-state index in [1.165, 1.54) is 42.0 Å². The van der Waals surface area contributed by atoms with Crippen LogP contribution in [0.15, 0.2) is 93.9 Å². The maximum absolute atomic E-state index is 2.44. The van der Waals surface area contributed by atoms with Gasteiger partial charge in [-0.3, -0.25) is 0 Å². The zero-order chi connectivity index (χ0) is 22.8. The van der Waals surface area contributed by atoms with Crippen LogP contribution in [0.5, 0.6) is 0 Å². The van der Waals surface area contributed by atoms with Gasteiger partial charge in [0.05, 0.1) is 10.7 Å². The van der Waals surface area contributed by atoms with Gasteiger partial charge in [-0.05, 0) is 68.0 Å². The Bertz CT molecular complexity index is 1300. The monoisotopic (exact) mass is 598 g/mol. The lowest BCUT2D eigenvalue weighted by atomic mass is 9.87. The van der Waals surface area contributed by atoms with Crippen molar-refractivity contribution in [2.24, 2.45) is 5.92 Å². The molecular formula is C29H31IN2S2. The SMILES string of the molecule is CCN1/C(=C/C2=CC(=C/C=C/c3sc4ccccc4[n+]3CC)/CC(C)C2)Sc2ccccc21.[I-]. The molecule has 0 radical (unpaired) electrons. The number of halogens is 1. The van der Waals surface area contributed by atoms with E-state index < -0.39 is 0 Å². The molecule has 2 aromatic carbocycles. The lowest BCUT2D eigenvalue weighted by Gasteiger charge is -2.22. The van der Waals surface area contributed by atoms with Crippen LogP contribution >= 0.6 is 23.1 Å². The van der Waals surface area contributed by atoms with E-state index in [2.05, 4.69) is 109 Å². The number of thioether (sulfide) groups is 1. The minimum atomic E-state index is 0. The van der Waals surface area contributed by atoms with Crippen LogP contribution in [-0.4, -0.2) is 6.54 Å². The molecule has 3 aromatic rings. The predicted molar refractivity (Wildman–Crippen MR) is 145 cm³/mol. The molecule has 34 heavy (non-hydrogen) atoms. The smallest absolute Gasteiger partial charge is 0.262 e. The van der Waals surface area contributed by atoms with Crippen molar-refractivity contribution in [3.8, 4) is 0 Å². The Labute approximate surface area is 228 Å². The van der Waals surface area contributed by atoms with Gasteiger partial charge in [0.15, 0.2) is 0 Å². The van der Waals surface area contributed by atoms with Gasteiger partial charge in [-0.2, -0.15) is 4.57 Å². The highest BCUT2D eigenvalue weighted by Gasteiger charge is 2.24. The van der Waals surface area contributed by atoms with Crippen LogP contribution in [0.1, 0.15) is 38.6 Å². The molecule has 176 valence electrons. The Hall–Kier alpha value is -1.83. The highest BCUT2D eigenvalue weighted by molar-refractivity contribution is 8.03. The number of para-hydroxylation sites is 2. The first kappa shape index (κ1) is 25.3. The van der Waals surface area contributed by atoms with Crippen molar-refractivity contribution in [3.05, 3.63) is 94.0 Å².